The van der Waals surface area contributed by atoms with Crippen LogP contribution in [-0.2, 0) is 7.05 Å². The Bertz CT molecular complexity index is 665. The van der Waals surface area contributed by atoms with Gasteiger partial charge in [0.05, 0.1) is 12.3 Å². The largest absolute Gasteiger partial charge is 0.393 e. The molecular weight excluding hydrogens is 292 g/mol. The highest BCUT2D eigenvalue weighted by Gasteiger charge is 2.20. The monoisotopic (exact) mass is 318 g/mol. The third kappa shape index (κ3) is 3.82. The van der Waals surface area contributed by atoms with E-state index in [1.807, 2.05) is 44.5 Å². The average molecular weight is 318 g/mol. The van der Waals surface area contributed by atoms with Crippen molar-refractivity contribution in [2.45, 2.75) is 40.2 Å². The Morgan fingerprint density at radius 2 is 1.91 bits per heavy atom. The second-order valence-electron chi connectivity index (χ2n) is 6.36. The highest BCUT2D eigenvalue weighted by Crippen LogP contribution is 2.19. The molecule has 0 aliphatic heterocycles. The van der Waals surface area contributed by atoms with Gasteiger partial charge in [0.1, 0.15) is 11.4 Å². The maximum atomic E-state index is 12.5. The zero-order chi connectivity index (χ0) is 17.1. The van der Waals surface area contributed by atoms with Crippen molar-refractivity contribution in [3.05, 3.63) is 35.3 Å². The Kier molecular flexibility index (Phi) is 5.26. The summed E-state index contributed by atoms with van der Waals surface area (Å²) >= 11 is 0. The Balaban J connectivity index is 2.20. The molecule has 23 heavy (non-hydrogen) atoms. The first-order valence-electron chi connectivity index (χ1n) is 7.94. The molecule has 0 aliphatic carbocycles. The number of aromatic nitrogens is 3. The smallest absolute Gasteiger partial charge is 0.256 e. The van der Waals surface area contributed by atoms with E-state index in [4.69, 9.17) is 0 Å². The van der Waals surface area contributed by atoms with Crippen LogP contribution in [0.2, 0.25) is 0 Å². The van der Waals surface area contributed by atoms with Gasteiger partial charge in [-0.2, -0.15) is 5.10 Å². The van der Waals surface area contributed by atoms with E-state index in [1.165, 1.54) is 0 Å². The lowest BCUT2D eigenvalue weighted by Crippen LogP contribution is -2.30. The minimum Gasteiger partial charge on any atom is -0.393 e. The zero-order valence-corrected chi connectivity index (χ0v) is 14.5. The molecule has 2 rings (SSSR count). The standard InChI is InChI=1S/C17H26N4O2/c1-11(8-14(4)22)9-18-16(23)15-10-19-20(5)17(15)21-12(2)6-7-13(21)3/h6-7,10-11,14,22H,8-9H2,1-5H3,(H,18,23). The Morgan fingerprint density at radius 3 is 2.48 bits per heavy atom. The Hall–Kier alpha value is -2.08. The second kappa shape index (κ2) is 7.00. The molecule has 0 radical (unpaired) electrons. The maximum Gasteiger partial charge on any atom is 0.256 e. The van der Waals surface area contributed by atoms with E-state index in [0.29, 0.717) is 18.5 Å². The molecule has 6 heteroatoms. The molecule has 6 nitrogen and oxygen atoms in total. The molecule has 2 N–H and O–H groups in total. The minimum atomic E-state index is -0.360. The van der Waals surface area contributed by atoms with Crippen molar-refractivity contribution in [2.75, 3.05) is 6.54 Å². The number of nitrogens with one attached hydrogen (secondary N) is 1. The number of hydrogen-bond acceptors (Lipinski definition) is 3. The summed E-state index contributed by atoms with van der Waals surface area (Å²) in [5.41, 5.74) is 2.67. The average Bonchev–Trinajstić information content (AvgIpc) is 2.98. The number of aliphatic hydroxyl groups excluding tert-OH is 1. The van der Waals surface area contributed by atoms with Gasteiger partial charge in [-0.25, -0.2) is 0 Å². The minimum absolute atomic E-state index is 0.141. The second-order valence-corrected chi connectivity index (χ2v) is 6.36. The third-order valence-corrected chi connectivity index (χ3v) is 3.99. The summed E-state index contributed by atoms with van der Waals surface area (Å²) in [6, 6.07) is 4.05. The molecule has 2 aromatic rings. The van der Waals surface area contributed by atoms with Gasteiger partial charge in [0.15, 0.2) is 0 Å². The van der Waals surface area contributed by atoms with Crippen molar-refractivity contribution in [2.24, 2.45) is 13.0 Å². The number of nitrogens with zero attached hydrogens (tertiary/aromatic N) is 3. The molecule has 2 unspecified atom stereocenters. The van der Waals surface area contributed by atoms with Gasteiger partial charge >= 0.3 is 0 Å². The molecule has 2 atom stereocenters. The topological polar surface area (TPSA) is 72.1 Å². The molecular formula is C17H26N4O2. The van der Waals surface area contributed by atoms with E-state index >= 15 is 0 Å². The van der Waals surface area contributed by atoms with Crippen molar-refractivity contribution >= 4 is 5.91 Å². The van der Waals surface area contributed by atoms with Gasteiger partial charge in [0.2, 0.25) is 0 Å². The van der Waals surface area contributed by atoms with Gasteiger partial charge in [0, 0.05) is 25.0 Å². The van der Waals surface area contributed by atoms with Crippen LogP contribution in [0.3, 0.4) is 0 Å². The fraction of sp³-hybridized carbons (Fsp3) is 0.529. The van der Waals surface area contributed by atoms with E-state index in [2.05, 4.69) is 10.4 Å². The number of rotatable bonds is 6. The lowest BCUT2D eigenvalue weighted by Gasteiger charge is -2.15. The fourth-order valence-corrected chi connectivity index (χ4v) is 2.89. The predicted molar refractivity (Wildman–Crippen MR) is 89.8 cm³/mol. The quantitative estimate of drug-likeness (QED) is 0.855. The van der Waals surface area contributed by atoms with Crippen LogP contribution in [0.15, 0.2) is 18.3 Å². The van der Waals surface area contributed by atoms with Crippen molar-refractivity contribution in [1.29, 1.82) is 0 Å². The Labute approximate surface area is 137 Å². The van der Waals surface area contributed by atoms with Crippen molar-refractivity contribution in [3.63, 3.8) is 0 Å². The van der Waals surface area contributed by atoms with Crippen molar-refractivity contribution in [1.82, 2.24) is 19.7 Å². The van der Waals surface area contributed by atoms with Gasteiger partial charge in [-0.1, -0.05) is 6.92 Å². The molecule has 0 spiro atoms. The number of aryl methyl sites for hydroxylation is 3. The summed E-state index contributed by atoms with van der Waals surface area (Å²) in [6.45, 7) is 8.31. The zero-order valence-electron chi connectivity index (χ0n) is 14.5. The number of aliphatic hydroxyl groups is 1. The van der Waals surface area contributed by atoms with Gasteiger partial charge in [-0.3, -0.25) is 9.48 Å². The molecule has 0 fully saturated rings. The summed E-state index contributed by atoms with van der Waals surface area (Å²) in [5.74, 6) is 0.845. The molecule has 0 saturated carbocycles. The first kappa shape index (κ1) is 17.3. The lowest BCUT2D eigenvalue weighted by molar-refractivity contribution is 0.0939. The number of carbonyl (C=O) groups is 1. The summed E-state index contributed by atoms with van der Waals surface area (Å²) < 4.78 is 3.75. The van der Waals surface area contributed by atoms with E-state index in [0.717, 1.165) is 17.2 Å². The summed E-state index contributed by atoms with van der Waals surface area (Å²) in [4.78, 5) is 12.5. The Morgan fingerprint density at radius 1 is 1.30 bits per heavy atom. The highest BCUT2D eigenvalue weighted by molar-refractivity contribution is 5.97. The molecule has 126 valence electrons. The van der Waals surface area contributed by atoms with E-state index in [-0.39, 0.29) is 17.9 Å². The molecule has 1 amide bonds. The van der Waals surface area contributed by atoms with E-state index in [9.17, 15) is 9.90 Å². The summed E-state index contributed by atoms with van der Waals surface area (Å²) in [7, 11) is 1.83. The van der Waals surface area contributed by atoms with Crippen LogP contribution in [0.4, 0.5) is 0 Å². The van der Waals surface area contributed by atoms with Gasteiger partial charge in [-0.15, -0.1) is 0 Å². The SMILES string of the molecule is Cc1ccc(C)n1-c1c(C(=O)NCC(C)CC(C)O)cnn1C. The van der Waals surface area contributed by atoms with Crippen molar-refractivity contribution in [3.8, 4) is 5.82 Å². The number of carbonyl (C=O) groups excluding carboxylic acids is 1. The molecule has 0 aliphatic rings. The van der Waals surface area contributed by atoms with E-state index in [1.54, 1.807) is 17.8 Å². The summed E-state index contributed by atoms with van der Waals surface area (Å²) in [6.07, 6.45) is 1.90. The first-order chi connectivity index (χ1) is 10.8. The third-order valence-electron chi connectivity index (χ3n) is 3.99. The normalized spacial score (nSPS) is 13.8. The van der Waals surface area contributed by atoms with Crippen molar-refractivity contribution < 1.29 is 9.90 Å². The van der Waals surface area contributed by atoms with Gasteiger partial charge in [0.25, 0.3) is 5.91 Å². The van der Waals surface area contributed by atoms with E-state index < -0.39 is 0 Å². The molecule has 0 bridgehead atoms. The fourth-order valence-electron chi connectivity index (χ4n) is 2.89. The maximum absolute atomic E-state index is 12.5. The highest BCUT2D eigenvalue weighted by atomic mass is 16.3. The molecule has 0 aromatic carbocycles. The van der Waals surface area contributed by atoms with Crippen LogP contribution in [0.1, 0.15) is 42.0 Å². The number of hydrogen-bond donors (Lipinski definition) is 2. The van der Waals surface area contributed by atoms with Gasteiger partial charge < -0.3 is 15.0 Å². The first-order valence-corrected chi connectivity index (χ1v) is 7.94. The van der Waals surface area contributed by atoms with Crippen LogP contribution < -0.4 is 5.32 Å². The summed E-state index contributed by atoms with van der Waals surface area (Å²) in [5, 5.41) is 16.6. The van der Waals surface area contributed by atoms with Crippen LogP contribution in [-0.4, -0.2) is 38.0 Å². The molecule has 0 saturated heterocycles. The van der Waals surface area contributed by atoms with Gasteiger partial charge in [-0.05, 0) is 45.2 Å². The van der Waals surface area contributed by atoms with Crippen LogP contribution in [0.5, 0.6) is 0 Å². The number of amides is 1. The van der Waals surface area contributed by atoms with Crippen LogP contribution >= 0.6 is 0 Å². The molecule has 2 aromatic heterocycles. The van der Waals surface area contributed by atoms with Crippen LogP contribution in [0, 0.1) is 19.8 Å². The molecule has 2 heterocycles. The lowest BCUT2D eigenvalue weighted by atomic mass is 10.0. The predicted octanol–water partition coefficient (Wildman–Crippen LogP) is 1.96. The van der Waals surface area contributed by atoms with Crippen LogP contribution in [0.25, 0.3) is 5.82 Å².